The fraction of sp³-hybridized carbons (Fsp3) is 0.345. The highest BCUT2D eigenvalue weighted by Crippen LogP contribution is 2.46. The van der Waals surface area contributed by atoms with Crippen molar-refractivity contribution < 1.29 is 43.2 Å². The zero-order valence-electron chi connectivity index (χ0n) is 40.1. The number of esters is 1. The Morgan fingerprint density at radius 1 is 0.914 bits per heavy atom. The van der Waals surface area contributed by atoms with Gasteiger partial charge in [0.25, 0.3) is 5.56 Å². The molecule has 0 saturated heterocycles. The number of carbonyl (C=O) groups excluding carboxylic acids is 4. The van der Waals surface area contributed by atoms with Crippen molar-refractivity contribution in [3.63, 3.8) is 0 Å². The van der Waals surface area contributed by atoms with E-state index in [-0.39, 0.29) is 42.9 Å². The SMILES string of the molecule is CCN(Cc1cc(NC(=O)[C@H](C)NC(=O)OC(C)(C)C)ccc1COc1ccc2nc3c(c4c2c1CCC4)Cn1c-3cc2c(c1=O)COC(=O)[C@]2(O)CC)C(=O)OC1c2ccccc2-c2ccccc21. The highest BCUT2D eigenvalue weighted by molar-refractivity contribution is 5.96. The fourth-order valence-corrected chi connectivity index (χ4v) is 10.3. The lowest BCUT2D eigenvalue weighted by atomic mass is 9.85. The molecule has 0 bridgehead atoms. The summed E-state index contributed by atoms with van der Waals surface area (Å²) in [4.78, 5) is 73.7. The van der Waals surface area contributed by atoms with E-state index >= 15 is 0 Å². The van der Waals surface area contributed by atoms with Gasteiger partial charge in [0, 0.05) is 52.0 Å². The molecule has 10 rings (SSSR count). The Bertz CT molecular complexity index is 3180. The van der Waals surface area contributed by atoms with Gasteiger partial charge in [0.1, 0.15) is 30.6 Å². The third-order valence-corrected chi connectivity index (χ3v) is 13.9. The fourth-order valence-electron chi connectivity index (χ4n) is 10.3. The molecule has 2 atom stereocenters. The van der Waals surface area contributed by atoms with Gasteiger partial charge in [0.15, 0.2) is 11.7 Å². The summed E-state index contributed by atoms with van der Waals surface area (Å²) in [6.45, 7) is 11.0. The summed E-state index contributed by atoms with van der Waals surface area (Å²) in [5.74, 6) is -0.547. The third kappa shape index (κ3) is 8.11. The number of rotatable bonds is 11. The molecule has 2 aliphatic heterocycles. The number of hydrogen-bond donors (Lipinski definition) is 3. The van der Waals surface area contributed by atoms with E-state index in [0.717, 1.165) is 74.7 Å². The van der Waals surface area contributed by atoms with E-state index in [1.807, 2.05) is 79.7 Å². The van der Waals surface area contributed by atoms with Crippen LogP contribution in [0.15, 0.2) is 89.7 Å². The van der Waals surface area contributed by atoms with E-state index in [4.69, 9.17) is 23.9 Å². The molecule has 15 heteroatoms. The first-order chi connectivity index (χ1) is 33.6. The highest BCUT2D eigenvalue weighted by Gasteiger charge is 2.46. The molecule has 3 amide bonds. The zero-order valence-corrected chi connectivity index (χ0v) is 40.1. The van der Waals surface area contributed by atoms with Crippen LogP contribution in [0.5, 0.6) is 5.75 Å². The topological polar surface area (TPSA) is 188 Å². The summed E-state index contributed by atoms with van der Waals surface area (Å²) >= 11 is 0. The molecular formula is C55H55N5O10. The highest BCUT2D eigenvalue weighted by atomic mass is 16.6. The van der Waals surface area contributed by atoms with Crippen LogP contribution in [0.3, 0.4) is 0 Å². The number of aliphatic hydroxyl groups is 1. The summed E-state index contributed by atoms with van der Waals surface area (Å²) in [5.41, 5.74) is 8.39. The molecular weight excluding hydrogens is 891 g/mol. The van der Waals surface area contributed by atoms with Gasteiger partial charge in [-0.25, -0.2) is 19.4 Å². The van der Waals surface area contributed by atoms with Gasteiger partial charge in [-0.3, -0.25) is 9.59 Å². The summed E-state index contributed by atoms with van der Waals surface area (Å²) < 4.78 is 25.4. The van der Waals surface area contributed by atoms with Crippen LogP contribution in [0.25, 0.3) is 33.4 Å². The Morgan fingerprint density at radius 2 is 1.63 bits per heavy atom. The number of benzene rings is 4. The molecule has 0 spiro atoms. The Labute approximate surface area is 404 Å². The van der Waals surface area contributed by atoms with Crippen LogP contribution in [-0.4, -0.2) is 61.8 Å². The van der Waals surface area contributed by atoms with Crippen molar-refractivity contribution in [2.45, 2.75) is 117 Å². The van der Waals surface area contributed by atoms with Gasteiger partial charge >= 0.3 is 18.2 Å². The normalized spacial score (nSPS) is 16.8. The maximum Gasteiger partial charge on any atom is 0.411 e. The molecule has 4 aromatic carbocycles. The molecule has 4 aliphatic rings. The molecule has 0 unspecified atom stereocenters. The number of cyclic esters (lactones) is 1. The summed E-state index contributed by atoms with van der Waals surface area (Å²) in [6, 6.07) is 25.9. The Balaban J connectivity index is 0.948. The van der Waals surface area contributed by atoms with Crippen LogP contribution in [0, 0.1) is 0 Å². The van der Waals surface area contributed by atoms with E-state index < -0.39 is 47.4 Å². The van der Waals surface area contributed by atoms with Crippen molar-refractivity contribution in [2.75, 3.05) is 11.9 Å². The molecule has 2 aromatic heterocycles. The third-order valence-electron chi connectivity index (χ3n) is 13.9. The molecule has 2 aliphatic carbocycles. The number of nitrogens with one attached hydrogen (secondary N) is 2. The van der Waals surface area contributed by atoms with Gasteiger partial charge in [0.05, 0.1) is 29.0 Å². The lowest BCUT2D eigenvalue weighted by Crippen LogP contribution is -2.44. The molecule has 0 fully saturated rings. The van der Waals surface area contributed by atoms with Crippen LogP contribution >= 0.6 is 0 Å². The van der Waals surface area contributed by atoms with Gasteiger partial charge in [-0.05, 0) is 118 Å². The number of amides is 3. The molecule has 0 saturated carbocycles. The molecule has 360 valence electrons. The van der Waals surface area contributed by atoms with E-state index in [9.17, 15) is 29.1 Å². The smallest absolute Gasteiger partial charge is 0.411 e. The number of hydrogen-bond acceptors (Lipinski definition) is 11. The van der Waals surface area contributed by atoms with E-state index in [1.54, 1.807) is 56.2 Å². The predicted octanol–water partition coefficient (Wildman–Crippen LogP) is 8.73. The molecule has 4 heterocycles. The Morgan fingerprint density at radius 3 is 2.33 bits per heavy atom. The van der Waals surface area contributed by atoms with E-state index in [2.05, 4.69) is 10.6 Å². The largest absolute Gasteiger partial charge is 0.489 e. The number of aromatic nitrogens is 2. The first-order valence-electron chi connectivity index (χ1n) is 23.9. The maximum absolute atomic E-state index is 14.2. The van der Waals surface area contributed by atoms with Crippen molar-refractivity contribution in [3.8, 4) is 28.3 Å². The summed E-state index contributed by atoms with van der Waals surface area (Å²) in [5, 5.41) is 17.9. The minimum Gasteiger partial charge on any atom is -0.489 e. The lowest BCUT2D eigenvalue weighted by Gasteiger charge is -2.31. The van der Waals surface area contributed by atoms with Crippen molar-refractivity contribution in [1.29, 1.82) is 0 Å². The quantitative estimate of drug-likeness (QED) is 0.0832. The number of aryl methyl sites for hydroxylation is 2. The second kappa shape index (κ2) is 17.8. The number of ether oxygens (including phenoxy) is 4. The molecule has 6 aromatic rings. The van der Waals surface area contributed by atoms with E-state index in [1.165, 1.54) is 0 Å². The van der Waals surface area contributed by atoms with Gasteiger partial charge in [-0.2, -0.15) is 0 Å². The van der Waals surface area contributed by atoms with Crippen molar-refractivity contribution in [3.05, 3.63) is 145 Å². The Kier molecular flexibility index (Phi) is 11.7. The van der Waals surface area contributed by atoms with Gasteiger partial charge in [-0.1, -0.05) is 61.5 Å². The number of nitrogens with zero attached hydrogens (tertiary/aromatic N) is 3. The van der Waals surface area contributed by atoms with Crippen molar-refractivity contribution in [1.82, 2.24) is 19.8 Å². The number of fused-ring (bicyclic) bond motifs is 8. The van der Waals surface area contributed by atoms with Crippen LogP contribution in [0.2, 0.25) is 0 Å². The second-order valence-electron chi connectivity index (χ2n) is 19.4. The number of carbonyl (C=O) groups is 4. The van der Waals surface area contributed by atoms with Gasteiger partial charge < -0.3 is 44.2 Å². The first-order valence-corrected chi connectivity index (χ1v) is 23.9. The van der Waals surface area contributed by atoms with Crippen molar-refractivity contribution >= 4 is 40.7 Å². The standard InChI is InChI=1S/C55H55N5O10/c1-7-55(66)42-25-44-47-40(27-60(44)50(62)41(42)29-68-51(55)63)36-18-13-19-39-45(23-22-43(58-47)46(36)39)67-28-31-20-21-33(57-49(61)30(3)56-52(64)70-54(4,5)6)24-32(31)26-59(8-2)53(65)69-48-37-16-11-9-14-34(37)35-15-10-12-17-38(35)48/h9-12,14-17,20-25,30,48,66H,7-8,13,18-19,26-29H2,1-6H3,(H,56,64)(H,57,61)/t30-,55-/m0/s1. The van der Waals surface area contributed by atoms with E-state index in [0.29, 0.717) is 41.5 Å². The van der Waals surface area contributed by atoms with Crippen LogP contribution in [0.1, 0.15) is 111 Å². The maximum atomic E-state index is 14.2. The van der Waals surface area contributed by atoms with Crippen LogP contribution < -0.4 is 20.9 Å². The summed E-state index contributed by atoms with van der Waals surface area (Å²) in [7, 11) is 0. The van der Waals surface area contributed by atoms with Gasteiger partial charge in [-0.15, -0.1) is 0 Å². The minimum atomic E-state index is -1.92. The van der Waals surface area contributed by atoms with Crippen molar-refractivity contribution in [2.24, 2.45) is 0 Å². The second-order valence-corrected chi connectivity index (χ2v) is 19.4. The van der Waals surface area contributed by atoms with Crippen LogP contribution in [0.4, 0.5) is 15.3 Å². The Hall–Kier alpha value is -7.52. The first kappa shape index (κ1) is 46.2. The average Bonchev–Trinajstić information content (AvgIpc) is 3.87. The number of anilines is 1. The van der Waals surface area contributed by atoms with Crippen LogP contribution in [-0.2, 0) is 68.5 Å². The molecule has 70 heavy (non-hydrogen) atoms. The predicted molar refractivity (Wildman–Crippen MR) is 261 cm³/mol. The molecule has 3 N–H and O–H groups in total. The zero-order chi connectivity index (χ0) is 49.2. The monoisotopic (exact) mass is 945 g/mol. The molecule has 15 nitrogen and oxygen atoms in total. The number of pyridine rings is 2. The average molecular weight is 946 g/mol. The minimum absolute atomic E-state index is 0.0579. The molecule has 0 radical (unpaired) electrons. The lowest BCUT2D eigenvalue weighted by molar-refractivity contribution is -0.172. The summed E-state index contributed by atoms with van der Waals surface area (Å²) in [6.07, 6.45) is 0.589. The number of alkyl carbamates (subject to hydrolysis) is 1. The van der Waals surface area contributed by atoms with Gasteiger partial charge in [0.2, 0.25) is 5.91 Å².